The first-order valence-electron chi connectivity index (χ1n) is 5.19. The van der Waals surface area contributed by atoms with Crippen molar-refractivity contribution in [1.82, 2.24) is 0 Å². The van der Waals surface area contributed by atoms with Gasteiger partial charge in [0.15, 0.2) is 0 Å². The normalized spacial score (nSPS) is 10.3. The zero-order valence-corrected chi connectivity index (χ0v) is 10.9. The molecule has 0 unspecified atom stereocenters. The molecule has 0 nitrogen and oxygen atoms in total. The Bertz CT molecular complexity index is 420. The minimum Gasteiger partial charge on any atom is -0.130 e. The number of hydrogen-bond donors (Lipinski definition) is 0. The Morgan fingerprint density at radius 2 is 1.50 bits per heavy atom. The van der Waals surface area contributed by atoms with E-state index >= 15 is 0 Å². The van der Waals surface area contributed by atoms with E-state index in [0.717, 1.165) is 5.75 Å². The summed E-state index contributed by atoms with van der Waals surface area (Å²) in [6.07, 6.45) is 2.10. The molecule has 2 rings (SSSR count). The van der Waals surface area contributed by atoms with Gasteiger partial charge in [-0.05, 0) is 36.1 Å². The molecule has 0 atom stereocenters. The Morgan fingerprint density at radius 1 is 0.812 bits per heavy atom. The molecular weight excluding hydrogens is 232 g/mol. The van der Waals surface area contributed by atoms with Gasteiger partial charge in [-0.1, -0.05) is 30.3 Å². The summed E-state index contributed by atoms with van der Waals surface area (Å²) in [5.41, 5.74) is 1.38. The molecule has 0 spiro atoms. The lowest BCUT2D eigenvalue weighted by molar-refractivity contribution is 1.34. The van der Waals surface area contributed by atoms with Crippen LogP contribution in [0.1, 0.15) is 5.56 Å². The van der Waals surface area contributed by atoms with Crippen LogP contribution in [-0.2, 0) is 5.75 Å². The van der Waals surface area contributed by atoms with Crippen LogP contribution in [0.15, 0.2) is 64.4 Å². The minimum atomic E-state index is 1.04. The third-order valence-electron chi connectivity index (χ3n) is 2.31. The van der Waals surface area contributed by atoms with Gasteiger partial charge in [-0.15, -0.1) is 23.5 Å². The Hall–Kier alpha value is -0.860. The van der Waals surface area contributed by atoms with Crippen molar-refractivity contribution in [2.45, 2.75) is 15.5 Å². The van der Waals surface area contributed by atoms with Crippen molar-refractivity contribution in [3.63, 3.8) is 0 Å². The molecule has 2 heteroatoms. The van der Waals surface area contributed by atoms with Crippen molar-refractivity contribution in [3.8, 4) is 0 Å². The molecule has 82 valence electrons. The molecule has 0 aromatic heterocycles. The maximum absolute atomic E-state index is 2.21. The van der Waals surface area contributed by atoms with E-state index in [2.05, 4.69) is 60.9 Å². The van der Waals surface area contributed by atoms with E-state index in [4.69, 9.17) is 0 Å². The molecule has 16 heavy (non-hydrogen) atoms. The highest BCUT2D eigenvalue weighted by molar-refractivity contribution is 7.98. The summed E-state index contributed by atoms with van der Waals surface area (Å²) < 4.78 is 0. The third-order valence-corrected chi connectivity index (χ3v) is 4.13. The van der Waals surface area contributed by atoms with Gasteiger partial charge in [0.25, 0.3) is 0 Å². The molecule has 0 amide bonds. The fourth-order valence-electron chi connectivity index (χ4n) is 1.41. The quantitative estimate of drug-likeness (QED) is 0.717. The maximum Gasteiger partial charge on any atom is 0.0232 e. The Kier molecular flexibility index (Phi) is 4.37. The van der Waals surface area contributed by atoms with Crippen molar-refractivity contribution in [2.75, 3.05) is 6.26 Å². The van der Waals surface area contributed by atoms with Gasteiger partial charge in [0.1, 0.15) is 0 Å². The second kappa shape index (κ2) is 6.02. The van der Waals surface area contributed by atoms with Crippen molar-refractivity contribution in [2.24, 2.45) is 0 Å². The average molecular weight is 246 g/mol. The second-order valence-corrected chi connectivity index (χ2v) is 5.38. The molecule has 0 heterocycles. The Labute approximate surface area is 105 Å². The first-order chi connectivity index (χ1) is 7.88. The van der Waals surface area contributed by atoms with Gasteiger partial charge >= 0.3 is 0 Å². The van der Waals surface area contributed by atoms with E-state index in [1.807, 2.05) is 11.8 Å². The van der Waals surface area contributed by atoms with Crippen molar-refractivity contribution >= 4 is 23.5 Å². The lowest BCUT2D eigenvalue weighted by atomic mass is 10.2. The number of benzene rings is 2. The van der Waals surface area contributed by atoms with Crippen LogP contribution in [0.4, 0.5) is 0 Å². The summed E-state index contributed by atoms with van der Waals surface area (Å²) in [6, 6.07) is 19.3. The summed E-state index contributed by atoms with van der Waals surface area (Å²) in [5.74, 6) is 1.04. The molecule has 2 aromatic rings. The summed E-state index contributed by atoms with van der Waals surface area (Å²) in [7, 11) is 0. The Morgan fingerprint density at radius 3 is 2.12 bits per heavy atom. The predicted octanol–water partition coefficient (Wildman–Crippen LogP) is 4.70. The predicted molar refractivity (Wildman–Crippen MR) is 74.2 cm³/mol. The summed E-state index contributed by atoms with van der Waals surface area (Å²) in [4.78, 5) is 2.66. The zero-order valence-electron chi connectivity index (χ0n) is 9.22. The van der Waals surface area contributed by atoms with Crippen LogP contribution in [0.5, 0.6) is 0 Å². The van der Waals surface area contributed by atoms with Crippen molar-refractivity contribution in [1.29, 1.82) is 0 Å². The molecule has 0 aliphatic carbocycles. The molecule has 0 saturated heterocycles. The van der Waals surface area contributed by atoms with Crippen LogP contribution in [0.2, 0.25) is 0 Å². The number of thioether (sulfide) groups is 2. The largest absolute Gasteiger partial charge is 0.130 e. The van der Waals surface area contributed by atoms with Crippen LogP contribution in [0.25, 0.3) is 0 Å². The van der Waals surface area contributed by atoms with Crippen molar-refractivity contribution < 1.29 is 0 Å². The van der Waals surface area contributed by atoms with Crippen LogP contribution in [-0.4, -0.2) is 6.26 Å². The average Bonchev–Trinajstić information content (AvgIpc) is 2.38. The molecular formula is C14H14S2. The van der Waals surface area contributed by atoms with Gasteiger partial charge in [0.05, 0.1) is 0 Å². The van der Waals surface area contributed by atoms with Gasteiger partial charge in [-0.2, -0.15) is 0 Å². The summed E-state index contributed by atoms with van der Waals surface area (Å²) >= 11 is 3.67. The van der Waals surface area contributed by atoms with Gasteiger partial charge in [0.2, 0.25) is 0 Å². The van der Waals surface area contributed by atoms with E-state index in [0.29, 0.717) is 0 Å². The maximum atomic E-state index is 2.21. The number of hydrogen-bond acceptors (Lipinski definition) is 2. The van der Waals surface area contributed by atoms with E-state index in [1.165, 1.54) is 15.4 Å². The molecule has 0 bridgehead atoms. The molecule has 0 aliphatic rings. The molecule has 2 aromatic carbocycles. The standard InChI is InChI=1S/C14H14S2/c1-15-13-9-7-12(8-10-13)11-16-14-5-3-2-4-6-14/h2-10H,11H2,1H3. The molecule has 0 saturated carbocycles. The monoisotopic (exact) mass is 246 g/mol. The van der Waals surface area contributed by atoms with E-state index in [1.54, 1.807) is 11.8 Å². The van der Waals surface area contributed by atoms with Crippen LogP contribution < -0.4 is 0 Å². The Balaban J connectivity index is 1.94. The van der Waals surface area contributed by atoms with Gasteiger partial charge in [0, 0.05) is 15.5 Å². The first-order valence-corrected chi connectivity index (χ1v) is 7.40. The van der Waals surface area contributed by atoms with Crippen LogP contribution in [0.3, 0.4) is 0 Å². The van der Waals surface area contributed by atoms with E-state index < -0.39 is 0 Å². The molecule has 0 aliphatic heterocycles. The minimum absolute atomic E-state index is 1.04. The van der Waals surface area contributed by atoms with Gasteiger partial charge in [-0.25, -0.2) is 0 Å². The van der Waals surface area contributed by atoms with Gasteiger partial charge < -0.3 is 0 Å². The first kappa shape index (κ1) is 11.6. The van der Waals surface area contributed by atoms with E-state index in [-0.39, 0.29) is 0 Å². The van der Waals surface area contributed by atoms with Crippen molar-refractivity contribution in [3.05, 3.63) is 60.2 Å². The summed E-state index contributed by atoms with van der Waals surface area (Å²) in [5, 5.41) is 0. The molecule has 0 radical (unpaired) electrons. The highest BCUT2D eigenvalue weighted by Gasteiger charge is 1.96. The highest BCUT2D eigenvalue weighted by Crippen LogP contribution is 2.23. The molecule has 0 fully saturated rings. The van der Waals surface area contributed by atoms with Crippen LogP contribution >= 0.6 is 23.5 Å². The summed E-state index contributed by atoms with van der Waals surface area (Å²) in [6.45, 7) is 0. The highest BCUT2D eigenvalue weighted by atomic mass is 32.2. The fraction of sp³-hybridized carbons (Fsp3) is 0.143. The smallest absolute Gasteiger partial charge is 0.0232 e. The number of rotatable bonds is 4. The van der Waals surface area contributed by atoms with Crippen LogP contribution in [0, 0.1) is 0 Å². The fourth-order valence-corrected chi connectivity index (χ4v) is 2.69. The second-order valence-electron chi connectivity index (χ2n) is 3.45. The SMILES string of the molecule is CSc1ccc(CSc2ccccc2)cc1. The lowest BCUT2D eigenvalue weighted by Gasteiger charge is -2.02. The van der Waals surface area contributed by atoms with Gasteiger partial charge in [-0.3, -0.25) is 0 Å². The zero-order chi connectivity index (χ0) is 11.2. The molecule has 0 N–H and O–H groups in total. The third kappa shape index (κ3) is 3.32. The lowest BCUT2D eigenvalue weighted by Crippen LogP contribution is -1.80. The van der Waals surface area contributed by atoms with E-state index in [9.17, 15) is 0 Å². The topological polar surface area (TPSA) is 0 Å².